The molecule has 0 unspecified atom stereocenters. The zero-order valence-corrected chi connectivity index (χ0v) is 5.59. The Morgan fingerprint density at radius 2 is 1.91 bits per heavy atom. The first-order valence-corrected chi connectivity index (χ1v) is 2.93. The zero-order valence-electron chi connectivity index (χ0n) is 5.59. The van der Waals surface area contributed by atoms with Crippen LogP contribution in [0, 0.1) is 12.3 Å². The van der Waals surface area contributed by atoms with E-state index in [1.54, 1.807) is 0 Å². The summed E-state index contributed by atoms with van der Waals surface area (Å²) in [6.07, 6.45) is 7.17. The molecule has 0 aliphatic carbocycles. The highest BCUT2D eigenvalue weighted by atomic mass is 19.3. The molecule has 11 heavy (non-hydrogen) atoms. The Morgan fingerprint density at radius 3 is 2.36 bits per heavy atom. The highest BCUT2D eigenvalue weighted by Gasteiger charge is 2.27. The minimum absolute atomic E-state index is 0.199. The number of hydrogen-bond donors (Lipinski definition) is 0. The number of terminal acetylenes is 1. The maximum Gasteiger partial charge on any atom is 0.333 e. The summed E-state index contributed by atoms with van der Waals surface area (Å²) in [5.41, 5.74) is -0.199. The third-order valence-corrected chi connectivity index (χ3v) is 1.22. The summed E-state index contributed by atoms with van der Waals surface area (Å²) in [4.78, 5) is 3.59. The average Bonchev–Trinajstić information content (AvgIpc) is 2.06. The summed E-state index contributed by atoms with van der Waals surface area (Å²) in [6, 6.07) is 2.39. The molecule has 0 saturated heterocycles. The summed E-state index contributed by atoms with van der Waals surface area (Å²) in [7, 11) is 0. The van der Waals surface area contributed by atoms with Crippen LogP contribution in [-0.4, -0.2) is 4.98 Å². The number of rotatable bonds is 1. The van der Waals surface area contributed by atoms with Crippen LogP contribution in [0.1, 0.15) is 5.56 Å². The van der Waals surface area contributed by atoms with E-state index in [1.807, 2.05) is 0 Å². The van der Waals surface area contributed by atoms with Gasteiger partial charge in [0.05, 0.1) is 0 Å². The SMILES string of the molecule is C#CC(F)(F)c1ccncc1. The van der Waals surface area contributed by atoms with Gasteiger partial charge >= 0.3 is 5.92 Å². The molecule has 1 heterocycles. The molecule has 0 atom stereocenters. The Bertz CT molecular complexity index is 274. The molecule has 1 aromatic heterocycles. The van der Waals surface area contributed by atoms with E-state index in [2.05, 4.69) is 11.4 Å². The lowest BCUT2D eigenvalue weighted by molar-refractivity contribution is 0.0640. The molecule has 0 saturated carbocycles. The van der Waals surface area contributed by atoms with Gasteiger partial charge in [0, 0.05) is 18.0 Å². The molecule has 0 bridgehead atoms. The minimum Gasteiger partial charge on any atom is -0.265 e. The number of halogens is 2. The smallest absolute Gasteiger partial charge is 0.265 e. The first-order chi connectivity index (χ1) is 5.17. The Kier molecular flexibility index (Phi) is 1.86. The number of hydrogen-bond acceptors (Lipinski definition) is 1. The van der Waals surface area contributed by atoms with E-state index >= 15 is 0 Å². The summed E-state index contributed by atoms with van der Waals surface area (Å²) < 4.78 is 25.2. The maximum atomic E-state index is 12.6. The maximum absolute atomic E-state index is 12.6. The van der Waals surface area contributed by atoms with Crippen LogP contribution in [0.3, 0.4) is 0 Å². The standard InChI is InChI=1S/C8H5F2N/c1-2-8(9,10)7-3-5-11-6-4-7/h1,3-6H. The predicted octanol–water partition coefficient (Wildman–Crippen LogP) is 1.81. The topological polar surface area (TPSA) is 12.9 Å². The molecule has 0 radical (unpaired) electrons. The van der Waals surface area contributed by atoms with E-state index in [0.29, 0.717) is 0 Å². The summed E-state index contributed by atoms with van der Waals surface area (Å²) in [5, 5.41) is 0. The molecule has 0 amide bonds. The van der Waals surface area contributed by atoms with Crippen LogP contribution in [0.25, 0.3) is 0 Å². The molecular weight excluding hydrogens is 148 g/mol. The molecule has 56 valence electrons. The van der Waals surface area contributed by atoms with Crippen molar-refractivity contribution in [3.63, 3.8) is 0 Å². The lowest BCUT2D eigenvalue weighted by Crippen LogP contribution is -2.09. The quantitative estimate of drug-likeness (QED) is 0.560. The molecule has 0 fully saturated rings. The van der Waals surface area contributed by atoms with Crippen LogP contribution in [0.5, 0.6) is 0 Å². The Morgan fingerprint density at radius 1 is 1.36 bits per heavy atom. The van der Waals surface area contributed by atoms with Crippen LogP contribution in [0.4, 0.5) is 8.78 Å². The molecule has 1 nitrogen and oxygen atoms in total. The molecule has 0 aromatic carbocycles. The Balaban J connectivity index is 3.05. The fourth-order valence-corrected chi connectivity index (χ4v) is 0.645. The predicted molar refractivity (Wildman–Crippen MR) is 37.0 cm³/mol. The van der Waals surface area contributed by atoms with E-state index in [4.69, 9.17) is 0 Å². The fraction of sp³-hybridized carbons (Fsp3) is 0.125. The second kappa shape index (κ2) is 2.67. The molecule has 1 aromatic rings. The van der Waals surface area contributed by atoms with Crippen LogP contribution in [-0.2, 0) is 5.92 Å². The van der Waals surface area contributed by atoms with Gasteiger partial charge in [0.15, 0.2) is 0 Å². The van der Waals surface area contributed by atoms with Gasteiger partial charge in [-0.15, -0.1) is 6.42 Å². The lowest BCUT2D eigenvalue weighted by Gasteiger charge is -2.07. The van der Waals surface area contributed by atoms with Gasteiger partial charge in [-0.25, -0.2) is 0 Å². The fourth-order valence-electron chi connectivity index (χ4n) is 0.645. The molecule has 1 rings (SSSR count). The highest BCUT2D eigenvalue weighted by Crippen LogP contribution is 2.25. The highest BCUT2D eigenvalue weighted by molar-refractivity contribution is 5.24. The van der Waals surface area contributed by atoms with Gasteiger partial charge in [0.2, 0.25) is 0 Å². The molecule has 0 aliphatic rings. The average molecular weight is 153 g/mol. The molecule has 3 heteroatoms. The molecule has 0 aliphatic heterocycles. The third-order valence-electron chi connectivity index (χ3n) is 1.22. The van der Waals surface area contributed by atoms with Gasteiger partial charge in [0.25, 0.3) is 0 Å². The van der Waals surface area contributed by atoms with E-state index in [-0.39, 0.29) is 5.56 Å². The minimum atomic E-state index is -3.18. The van der Waals surface area contributed by atoms with Gasteiger partial charge in [-0.2, -0.15) is 8.78 Å². The van der Waals surface area contributed by atoms with Gasteiger partial charge in [-0.3, -0.25) is 4.98 Å². The third kappa shape index (κ3) is 1.53. The second-order valence-corrected chi connectivity index (χ2v) is 1.95. The largest absolute Gasteiger partial charge is 0.333 e. The van der Waals surface area contributed by atoms with Gasteiger partial charge < -0.3 is 0 Å². The van der Waals surface area contributed by atoms with E-state index < -0.39 is 5.92 Å². The van der Waals surface area contributed by atoms with Crippen LogP contribution >= 0.6 is 0 Å². The first kappa shape index (κ1) is 7.67. The monoisotopic (exact) mass is 153 g/mol. The zero-order chi connectivity index (χ0) is 8.32. The van der Waals surface area contributed by atoms with Crippen molar-refractivity contribution in [3.05, 3.63) is 30.1 Å². The second-order valence-electron chi connectivity index (χ2n) is 1.95. The normalized spacial score (nSPS) is 10.6. The number of pyridine rings is 1. The lowest BCUT2D eigenvalue weighted by atomic mass is 10.1. The van der Waals surface area contributed by atoms with E-state index in [9.17, 15) is 8.78 Å². The van der Waals surface area contributed by atoms with Gasteiger partial charge in [-0.05, 0) is 18.1 Å². The molecule has 0 N–H and O–H groups in total. The Hall–Kier alpha value is -1.43. The van der Waals surface area contributed by atoms with Crippen LogP contribution in [0.2, 0.25) is 0 Å². The summed E-state index contributed by atoms with van der Waals surface area (Å²) in [6.45, 7) is 0. The van der Waals surface area contributed by atoms with Crippen LogP contribution in [0.15, 0.2) is 24.5 Å². The number of alkyl halides is 2. The van der Waals surface area contributed by atoms with Crippen molar-refractivity contribution in [1.29, 1.82) is 0 Å². The van der Waals surface area contributed by atoms with E-state index in [1.165, 1.54) is 30.4 Å². The van der Waals surface area contributed by atoms with Crippen LogP contribution < -0.4 is 0 Å². The summed E-state index contributed by atoms with van der Waals surface area (Å²) in [5.74, 6) is -1.78. The Labute approximate surface area is 63.1 Å². The van der Waals surface area contributed by atoms with Crippen molar-refractivity contribution in [2.75, 3.05) is 0 Å². The number of nitrogens with zero attached hydrogens (tertiary/aromatic N) is 1. The first-order valence-electron chi connectivity index (χ1n) is 2.93. The molecular formula is C8H5F2N. The van der Waals surface area contributed by atoms with Crippen molar-refractivity contribution in [2.24, 2.45) is 0 Å². The summed E-state index contributed by atoms with van der Waals surface area (Å²) >= 11 is 0. The number of aromatic nitrogens is 1. The molecule has 0 spiro atoms. The van der Waals surface area contributed by atoms with Crippen molar-refractivity contribution in [1.82, 2.24) is 4.98 Å². The van der Waals surface area contributed by atoms with Crippen molar-refractivity contribution in [3.8, 4) is 12.3 Å². The van der Waals surface area contributed by atoms with Gasteiger partial charge in [0.1, 0.15) is 0 Å². The van der Waals surface area contributed by atoms with Gasteiger partial charge in [-0.1, -0.05) is 0 Å². The van der Waals surface area contributed by atoms with Crippen molar-refractivity contribution < 1.29 is 8.78 Å². The van der Waals surface area contributed by atoms with E-state index in [0.717, 1.165) is 0 Å². The van der Waals surface area contributed by atoms with Crippen molar-refractivity contribution >= 4 is 0 Å². The van der Waals surface area contributed by atoms with Crippen molar-refractivity contribution in [2.45, 2.75) is 5.92 Å².